The zero-order chi connectivity index (χ0) is 18.2. The number of Topliss-reactive ketones (excluding diaryl/α,β-unsaturated/α-hetero) is 1. The second-order valence-corrected chi connectivity index (χ2v) is 7.03. The lowest BCUT2D eigenvalue weighted by atomic mass is 10.0. The number of aromatic nitrogens is 2. The molecule has 0 radical (unpaired) electrons. The highest BCUT2D eigenvalue weighted by atomic mass is 16.5. The lowest BCUT2D eigenvalue weighted by Gasteiger charge is -2.24. The fourth-order valence-electron chi connectivity index (χ4n) is 3.78. The largest absolute Gasteiger partial charge is 0.490 e. The lowest BCUT2D eigenvalue weighted by Crippen LogP contribution is -2.41. The van der Waals surface area contributed by atoms with Gasteiger partial charge in [0.2, 0.25) is 0 Å². The third-order valence-corrected chi connectivity index (χ3v) is 5.21. The van der Waals surface area contributed by atoms with Crippen LogP contribution in [-0.4, -0.2) is 47.7 Å². The van der Waals surface area contributed by atoms with Crippen molar-refractivity contribution in [3.05, 3.63) is 48.4 Å². The number of rotatable bonds is 4. The van der Waals surface area contributed by atoms with Gasteiger partial charge in [-0.05, 0) is 35.9 Å². The Bertz CT molecular complexity index is 1010. The third kappa shape index (κ3) is 3.11. The number of carbonyl (C=O) groups is 1. The molecule has 0 unspecified atom stereocenters. The predicted molar refractivity (Wildman–Crippen MR) is 102 cm³/mol. The molecule has 2 aliphatic heterocycles. The van der Waals surface area contributed by atoms with Crippen molar-refractivity contribution in [3.63, 3.8) is 0 Å². The summed E-state index contributed by atoms with van der Waals surface area (Å²) in [6.45, 7) is 3.64. The van der Waals surface area contributed by atoms with Crippen LogP contribution in [-0.2, 0) is 11.3 Å². The number of carbonyl (C=O) groups excluding carboxylic acids is 1. The van der Waals surface area contributed by atoms with E-state index >= 15 is 0 Å². The van der Waals surface area contributed by atoms with E-state index in [1.54, 1.807) is 6.20 Å². The highest BCUT2D eigenvalue weighted by molar-refractivity contribution is 5.98. The Morgan fingerprint density at radius 2 is 2.26 bits per heavy atom. The number of nitrogens with one attached hydrogen (secondary N) is 1. The standard InChI is InChI=1S/C21H21N3O3/c25-20-3-6-24-12-15(9-19(20)24)14-8-18-17(2-1-4-23-18)21(10-14)27-13-16-11-22-5-7-26-16/h1-2,4,8-10,12,16,22H,3,5-7,11,13H2/t16-/m0/s1. The summed E-state index contributed by atoms with van der Waals surface area (Å²) in [5.74, 6) is 1.00. The Kier molecular flexibility index (Phi) is 4.14. The van der Waals surface area contributed by atoms with Crippen LogP contribution in [0, 0.1) is 0 Å². The van der Waals surface area contributed by atoms with Gasteiger partial charge in [-0.15, -0.1) is 0 Å². The van der Waals surface area contributed by atoms with E-state index < -0.39 is 0 Å². The van der Waals surface area contributed by atoms with Crippen molar-refractivity contribution in [2.75, 3.05) is 26.3 Å². The monoisotopic (exact) mass is 363 g/mol. The van der Waals surface area contributed by atoms with E-state index in [9.17, 15) is 4.79 Å². The molecule has 138 valence electrons. The summed E-state index contributed by atoms with van der Waals surface area (Å²) in [5.41, 5.74) is 3.69. The highest BCUT2D eigenvalue weighted by Gasteiger charge is 2.21. The summed E-state index contributed by atoms with van der Waals surface area (Å²) in [4.78, 5) is 16.5. The zero-order valence-electron chi connectivity index (χ0n) is 15.0. The molecule has 4 heterocycles. The SMILES string of the molecule is O=C1CCn2cc(-c3cc(OC[C@@H]4CNCCO4)c4cccnc4c3)cc21. The lowest BCUT2D eigenvalue weighted by molar-refractivity contribution is 0.000518. The molecule has 1 aromatic carbocycles. The molecule has 1 fully saturated rings. The Morgan fingerprint density at radius 1 is 1.30 bits per heavy atom. The first-order chi connectivity index (χ1) is 13.3. The summed E-state index contributed by atoms with van der Waals surface area (Å²) in [6.07, 6.45) is 4.47. The zero-order valence-corrected chi connectivity index (χ0v) is 15.0. The number of fused-ring (bicyclic) bond motifs is 2. The average molecular weight is 363 g/mol. The average Bonchev–Trinajstić information content (AvgIpc) is 3.29. The molecule has 27 heavy (non-hydrogen) atoms. The van der Waals surface area contributed by atoms with Crippen LogP contribution in [0.25, 0.3) is 22.0 Å². The molecule has 0 bridgehead atoms. The molecule has 0 aliphatic carbocycles. The normalized spacial score (nSPS) is 19.4. The molecule has 2 aromatic heterocycles. The number of nitrogens with zero attached hydrogens (tertiary/aromatic N) is 2. The van der Waals surface area contributed by atoms with Crippen LogP contribution in [0.3, 0.4) is 0 Å². The maximum absolute atomic E-state index is 12.0. The molecule has 1 atom stereocenters. The molecule has 6 heteroatoms. The Labute approximate surface area is 157 Å². The molecule has 3 aromatic rings. The van der Waals surface area contributed by atoms with E-state index in [2.05, 4.69) is 16.4 Å². The maximum Gasteiger partial charge on any atom is 0.181 e. The van der Waals surface area contributed by atoms with E-state index in [1.807, 2.05) is 35.0 Å². The molecule has 6 nitrogen and oxygen atoms in total. The first kappa shape index (κ1) is 16.5. The number of hydrogen-bond acceptors (Lipinski definition) is 5. The van der Waals surface area contributed by atoms with Gasteiger partial charge in [0.05, 0.1) is 17.8 Å². The minimum Gasteiger partial charge on any atom is -0.490 e. The van der Waals surface area contributed by atoms with E-state index in [1.165, 1.54) is 0 Å². The summed E-state index contributed by atoms with van der Waals surface area (Å²) in [5, 5.41) is 4.30. The Hall–Kier alpha value is -2.70. The number of ketones is 1. The van der Waals surface area contributed by atoms with Crippen molar-refractivity contribution in [1.29, 1.82) is 0 Å². The third-order valence-electron chi connectivity index (χ3n) is 5.21. The second kappa shape index (κ2) is 6.79. The fourth-order valence-corrected chi connectivity index (χ4v) is 3.78. The number of hydrogen-bond donors (Lipinski definition) is 1. The van der Waals surface area contributed by atoms with Gasteiger partial charge in [-0.25, -0.2) is 0 Å². The number of morpholine rings is 1. The van der Waals surface area contributed by atoms with Crippen LogP contribution in [0.15, 0.2) is 42.7 Å². The van der Waals surface area contributed by atoms with Gasteiger partial charge < -0.3 is 19.4 Å². The molecule has 5 rings (SSSR count). The second-order valence-electron chi connectivity index (χ2n) is 7.03. The summed E-state index contributed by atoms with van der Waals surface area (Å²) < 4.78 is 13.9. The fraction of sp³-hybridized carbons (Fsp3) is 0.333. The quantitative estimate of drug-likeness (QED) is 0.772. The summed E-state index contributed by atoms with van der Waals surface area (Å²) in [6, 6.07) is 9.99. The van der Waals surface area contributed by atoms with Gasteiger partial charge in [-0.3, -0.25) is 9.78 Å². The van der Waals surface area contributed by atoms with Crippen LogP contribution in [0.5, 0.6) is 5.75 Å². The molecule has 2 aliphatic rings. The summed E-state index contributed by atoms with van der Waals surface area (Å²) >= 11 is 0. The topological polar surface area (TPSA) is 65.4 Å². The van der Waals surface area contributed by atoms with Gasteiger partial charge in [0.1, 0.15) is 18.5 Å². The van der Waals surface area contributed by atoms with Crippen molar-refractivity contribution in [2.24, 2.45) is 0 Å². The van der Waals surface area contributed by atoms with Gasteiger partial charge in [0.25, 0.3) is 0 Å². The van der Waals surface area contributed by atoms with E-state index in [0.717, 1.165) is 53.1 Å². The van der Waals surface area contributed by atoms with Crippen LogP contribution in [0.4, 0.5) is 0 Å². The van der Waals surface area contributed by atoms with Gasteiger partial charge in [-0.1, -0.05) is 0 Å². The minimum absolute atomic E-state index is 0.0463. The maximum atomic E-state index is 12.0. The van der Waals surface area contributed by atoms with Crippen molar-refractivity contribution >= 4 is 16.7 Å². The highest BCUT2D eigenvalue weighted by Crippen LogP contribution is 2.34. The number of aryl methyl sites for hydroxylation is 1. The first-order valence-corrected chi connectivity index (χ1v) is 9.35. The van der Waals surface area contributed by atoms with Gasteiger partial charge >= 0.3 is 0 Å². The van der Waals surface area contributed by atoms with Gasteiger partial charge in [-0.2, -0.15) is 0 Å². The molecular formula is C21H21N3O3. The number of ether oxygens (including phenoxy) is 2. The minimum atomic E-state index is 0.0463. The van der Waals surface area contributed by atoms with Crippen LogP contribution in [0.1, 0.15) is 16.9 Å². The van der Waals surface area contributed by atoms with Gasteiger partial charge in [0, 0.05) is 49.4 Å². The van der Waals surface area contributed by atoms with E-state index in [-0.39, 0.29) is 11.9 Å². The van der Waals surface area contributed by atoms with Crippen molar-refractivity contribution in [1.82, 2.24) is 14.9 Å². The summed E-state index contributed by atoms with van der Waals surface area (Å²) in [7, 11) is 0. The van der Waals surface area contributed by atoms with Crippen LogP contribution >= 0.6 is 0 Å². The van der Waals surface area contributed by atoms with Crippen LogP contribution in [0.2, 0.25) is 0 Å². The molecule has 0 saturated carbocycles. The van der Waals surface area contributed by atoms with Crippen LogP contribution < -0.4 is 10.1 Å². The molecule has 0 amide bonds. The predicted octanol–water partition coefficient (Wildman–Crippen LogP) is 2.66. The smallest absolute Gasteiger partial charge is 0.181 e. The number of pyridine rings is 1. The van der Waals surface area contributed by atoms with Crippen molar-refractivity contribution < 1.29 is 14.3 Å². The first-order valence-electron chi connectivity index (χ1n) is 9.35. The molecular weight excluding hydrogens is 342 g/mol. The Morgan fingerprint density at radius 3 is 3.11 bits per heavy atom. The molecule has 0 spiro atoms. The van der Waals surface area contributed by atoms with Crippen molar-refractivity contribution in [3.8, 4) is 16.9 Å². The van der Waals surface area contributed by atoms with E-state index in [4.69, 9.17) is 9.47 Å². The van der Waals surface area contributed by atoms with E-state index in [0.29, 0.717) is 19.6 Å². The van der Waals surface area contributed by atoms with Crippen molar-refractivity contribution in [2.45, 2.75) is 19.1 Å². The van der Waals surface area contributed by atoms with Gasteiger partial charge in [0.15, 0.2) is 5.78 Å². The Balaban J connectivity index is 1.50. The molecule has 1 N–H and O–H groups in total. The number of benzene rings is 1. The molecule has 1 saturated heterocycles.